The summed E-state index contributed by atoms with van der Waals surface area (Å²) < 4.78 is 0. The van der Waals surface area contributed by atoms with Gasteiger partial charge in [0.05, 0.1) is 6.54 Å². The first kappa shape index (κ1) is 24.3. The van der Waals surface area contributed by atoms with Crippen LogP contribution in [0.15, 0.2) is 47.5 Å². The Balaban J connectivity index is 1.67. The van der Waals surface area contributed by atoms with Crippen molar-refractivity contribution in [3.05, 3.63) is 64.7 Å². The normalized spacial score (nSPS) is 15.2. The topological polar surface area (TPSA) is 134 Å². The van der Waals surface area contributed by atoms with Crippen molar-refractivity contribution in [3.63, 3.8) is 0 Å². The van der Waals surface area contributed by atoms with Crippen molar-refractivity contribution in [1.29, 1.82) is 0 Å². The smallest absolute Gasteiger partial charge is 0.320 e. The van der Waals surface area contributed by atoms with Crippen molar-refractivity contribution in [1.82, 2.24) is 5.32 Å². The molecule has 1 aliphatic heterocycles. The molecule has 0 bridgehead atoms. The number of carbonyl (C=O) groups excluding carboxylic acids is 1. The Morgan fingerprint density at radius 1 is 1.12 bits per heavy atom. The van der Waals surface area contributed by atoms with Crippen molar-refractivity contribution in [3.8, 4) is 0 Å². The maximum atomic E-state index is 12.5. The molecule has 176 valence electrons. The Hall–Kier alpha value is -3.39. The highest BCUT2D eigenvalue weighted by Gasteiger charge is 2.17. The van der Waals surface area contributed by atoms with Gasteiger partial charge >= 0.3 is 5.97 Å². The number of nitrogens with one attached hydrogen (secondary N) is 1. The van der Waals surface area contributed by atoms with Gasteiger partial charge in [-0.1, -0.05) is 31.2 Å². The summed E-state index contributed by atoms with van der Waals surface area (Å²) >= 11 is 0. The van der Waals surface area contributed by atoms with Gasteiger partial charge in [0.15, 0.2) is 5.96 Å². The Morgan fingerprint density at radius 3 is 2.45 bits per heavy atom. The molecule has 1 aliphatic rings. The van der Waals surface area contributed by atoms with Crippen LogP contribution in [0.5, 0.6) is 0 Å². The van der Waals surface area contributed by atoms with Crippen LogP contribution in [0.1, 0.15) is 53.2 Å². The lowest BCUT2D eigenvalue weighted by atomic mass is 10.0. The van der Waals surface area contributed by atoms with E-state index in [-0.39, 0.29) is 18.3 Å². The number of nitrogens with two attached hydrogens (primary N) is 2. The van der Waals surface area contributed by atoms with Crippen molar-refractivity contribution >= 4 is 23.5 Å². The highest BCUT2D eigenvalue weighted by Crippen LogP contribution is 2.28. The standard InChI is InChI=1S/C25H33N5O3/c1-2-18-7-6-8-22(30-13-4-3-5-14-30)20(18)16-28-25(27)29-23(31)19-11-9-17(10-12-19)15-21(26)24(32)33/h6-12,21H,2-5,13-16,26H2,1H3,(H,32,33)(H3,27,28,29,31)/t21-/m0/s1. The highest BCUT2D eigenvalue weighted by atomic mass is 16.4. The zero-order valence-electron chi connectivity index (χ0n) is 19.1. The van der Waals surface area contributed by atoms with E-state index in [9.17, 15) is 9.59 Å². The van der Waals surface area contributed by atoms with E-state index < -0.39 is 12.0 Å². The molecule has 3 rings (SSSR count). The summed E-state index contributed by atoms with van der Waals surface area (Å²) in [6.07, 6.45) is 4.74. The van der Waals surface area contributed by atoms with Crippen LogP contribution < -0.4 is 21.7 Å². The van der Waals surface area contributed by atoms with Gasteiger partial charge in [0.1, 0.15) is 6.04 Å². The van der Waals surface area contributed by atoms with Crippen molar-refractivity contribution in [2.24, 2.45) is 16.5 Å². The van der Waals surface area contributed by atoms with Crippen molar-refractivity contribution in [2.45, 2.75) is 51.6 Å². The number of nitrogens with zero attached hydrogens (tertiary/aromatic N) is 2. The Kier molecular flexibility index (Phi) is 8.43. The summed E-state index contributed by atoms with van der Waals surface area (Å²) in [6, 6.07) is 12.0. The van der Waals surface area contributed by atoms with E-state index in [1.807, 2.05) is 0 Å². The number of carboxylic acid groups (broad SMARTS) is 1. The summed E-state index contributed by atoms with van der Waals surface area (Å²) in [5, 5.41) is 11.6. The number of hydrogen-bond donors (Lipinski definition) is 4. The molecule has 0 aromatic heterocycles. The van der Waals surface area contributed by atoms with Crippen molar-refractivity contribution in [2.75, 3.05) is 18.0 Å². The van der Waals surface area contributed by atoms with Gasteiger partial charge in [-0.2, -0.15) is 0 Å². The molecule has 1 atom stereocenters. The minimum atomic E-state index is -1.06. The molecule has 0 saturated carbocycles. The van der Waals surface area contributed by atoms with Crippen LogP contribution in [-0.2, 0) is 24.2 Å². The third kappa shape index (κ3) is 6.55. The lowest BCUT2D eigenvalue weighted by Crippen LogP contribution is -2.37. The molecule has 0 unspecified atom stereocenters. The van der Waals surface area contributed by atoms with E-state index in [4.69, 9.17) is 16.6 Å². The second kappa shape index (κ2) is 11.5. The van der Waals surface area contributed by atoms with Gasteiger partial charge in [-0.05, 0) is 61.4 Å². The predicted octanol–water partition coefficient (Wildman–Crippen LogP) is 2.44. The number of piperidine rings is 1. The van der Waals surface area contributed by atoms with E-state index in [0.29, 0.717) is 12.1 Å². The van der Waals surface area contributed by atoms with Gasteiger partial charge in [-0.25, -0.2) is 4.99 Å². The van der Waals surface area contributed by atoms with Crippen LogP contribution >= 0.6 is 0 Å². The number of amides is 1. The number of guanidine groups is 1. The largest absolute Gasteiger partial charge is 0.480 e. The molecule has 8 nitrogen and oxygen atoms in total. The average Bonchev–Trinajstić information content (AvgIpc) is 2.83. The zero-order chi connectivity index (χ0) is 23.8. The number of aryl methyl sites for hydroxylation is 1. The number of rotatable bonds is 8. The SMILES string of the molecule is CCc1cccc(N2CCCCC2)c1CN=C(N)NC(=O)c1ccc(C[C@H](N)C(=O)O)cc1. The monoisotopic (exact) mass is 451 g/mol. The summed E-state index contributed by atoms with van der Waals surface area (Å²) in [7, 11) is 0. The second-order valence-corrected chi connectivity index (χ2v) is 8.32. The van der Waals surface area contributed by atoms with Crippen molar-refractivity contribution < 1.29 is 14.7 Å². The fourth-order valence-electron chi connectivity index (χ4n) is 4.09. The van der Waals surface area contributed by atoms with E-state index >= 15 is 0 Å². The molecule has 33 heavy (non-hydrogen) atoms. The van der Waals surface area contributed by atoms with E-state index in [1.54, 1.807) is 24.3 Å². The Labute approximate surface area is 194 Å². The molecule has 1 saturated heterocycles. The van der Waals surface area contributed by atoms with Crippen LogP contribution in [0.3, 0.4) is 0 Å². The molecular weight excluding hydrogens is 418 g/mol. The first-order valence-electron chi connectivity index (χ1n) is 11.4. The molecule has 6 N–H and O–H groups in total. The summed E-state index contributed by atoms with van der Waals surface area (Å²) in [5.74, 6) is -1.37. The number of carbonyl (C=O) groups is 2. The number of hydrogen-bond acceptors (Lipinski definition) is 5. The maximum absolute atomic E-state index is 12.5. The molecular formula is C25H33N5O3. The summed E-state index contributed by atoms with van der Waals surface area (Å²) in [4.78, 5) is 30.3. The summed E-state index contributed by atoms with van der Waals surface area (Å²) in [6.45, 7) is 4.61. The number of aliphatic imine (C=N–C) groups is 1. The fraction of sp³-hybridized carbons (Fsp3) is 0.400. The lowest BCUT2D eigenvalue weighted by Gasteiger charge is -2.31. The number of anilines is 1. The summed E-state index contributed by atoms with van der Waals surface area (Å²) in [5.41, 5.74) is 16.3. The number of benzene rings is 2. The van der Waals surface area contributed by atoms with Gasteiger partial charge in [0.25, 0.3) is 5.91 Å². The third-order valence-electron chi connectivity index (χ3n) is 5.96. The Morgan fingerprint density at radius 2 is 1.82 bits per heavy atom. The predicted molar refractivity (Wildman–Crippen MR) is 130 cm³/mol. The van der Waals surface area contributed by atoms with Crippen LogP contribution in [-0.4, -0.2) is 42.1 Å². The maximum Gasteiger partial charge on any atom is 0.320 e. The van der Waals surface area contributed by atoms with E-state index in [2.05, 4.69) is 40.3 Å². The van der Waals surface area contributed by atoms with Gasteiger partial charge in [-0.3, -0.25) is 14.9 Å². The molecule has 0 spiro atoms. The first-order chi connectivity index (χ1) is 15.9. The van der Waals surface area contributed by atoms with E-state index in [1.165, 1.54) is 30.5 Å². The average molecular weight is 452 g/mol. The van der Waals surface area contributed by atoms with Gasteiger partial charge in [-0.15, -0.1) is 0 Å². The molecule has 0 aliphatic carbocycles. The minimum absolute atomic E-state index is 0.0625. The highest BCUT2D eigenvalue weighted by molar-refractivity contribution is 6.05. The third-order valence-corrected chi connectivity index (χ3v) is 5.96. The zero-order valence-corrected chi connectivity index (χ0v) is 19.1. The fourth-order valence-corrected chi connectivity index (χ4v) is 4.09. The van der Waals surface area contributed by atoms with E-state index in [0.717, 1.165) is 30.6 Å². The van der Waals surface area contributed by atoms with Gasteiger partial charge in [0, 0.05) is 29.9 Å². The number of carboxylic acids is 1. The molecule has 1 amide bonds. The molecule has 1 heterocycles. The molecule has 1 fully saturated rings. The van der Waals surface area contributed by atoms with Gasteiger partial charge < -0.3 is 21.5 Å². The van der Waals surface area contributed by atoms with Crippen LogP contribution in [0.25, 0.3) is 0 Å². The number of aliphatic carboxylic acids is 1. The second-order valence-electron chi connectivity index (χ2n) is 8.32. The van der Waals surface area contributed by atoms with Crippen LogP contribution in [0.4, 0.5) is 5.69 Å². The molecule has 0 radical (unpaired) electrons. The first-order valence-corrected chi connectivity index (χ1v) is 11.4. The molecule has 2 aromatic carbocycles. The minimum Gasteiger partial charge on any atom is -0.480 e. The van der Waals surface area contributed by atoms with Crippen LogP contribution in [0.2, 0.25) is 0 Å². The molecule has 2 aromatic rings. The lowest BCUT2D eigenvalue weighted by molar-refractivity contribution is -0.138. The van der Waals surface area contributed by atoms with Crippen LogP contribution in [0, 0.1) is 0 Å². The Bertz CT molecular complexity index is 998. The van der Waals surface area contributed by atoms with Gasteiger partial charge in [0.2, 0.25) is 0 Å². The molecule has 8 heteroatoms. The quantitative estimate of drug-likeness (QED) is 0.360.